The highest BCUT2D eigenvalue weighted by Crippen LogP contribution is 2.35. The summed E-state index contributed by atoms with van der Waals surface area (Å²) in [5, 5.41) is 5.26. The molecule has 180 valence electrons. The lowest BCUT2D eigenvalue weighted by molar-refractivity contribution is -0.137. The van der Waals surface area contributed by atoms with Crippen LogP contribution in [0.5, 0.6) is 0 Å². The molecule has 0 spiro atoms. The molecule has 34 heavy (non-hydrogen) atoms. The molecule has 0 saturated carbocycles. The molecule has 3 aromatic heterocycles. The first-order valence-corrected chi connectivity index (χ1v) is 11.4. The molecule has 14 heteroatoms. The number of Topliss-reactive ketones (excluding diaryl/α,β-unsaturated/α-hetero) is 1. The zero-order chi connectivity index (χ0) is 25.0. The van der Waals surface area contributed by atoms with E-state index >= 15 is 0 Å². The largest absolute Gasteiger partial charge is 0.418 e. The number of hydrogen-bond acceptors (Lipinski definition) is 8. The van der Waals surface area contributed by atoms with Crippen molar-refractivity contribution in [2.45, 2.75) is 32.4 Å². The molecule has 0 fully saturated rings. The van der Waals surface area contributed by atoms with E-state index in [0.29, 0.717) is 23.4 Å². The average Bonchev–Trinajstić information content (AvgIpc) is 3.26. The second-order valence-corrected chi connectivity index (χ2v) is 8.85. The topological polar surface area (TPSA) is 110 Å². The van der Waals surface area contributed by atoms with Crippen LogP contribution in [0.15, 0.2) is 24.8 Å². The number of thiazole rings is 1. The van der Waals surface area contributed by atoms with Crippen molar-refractivity contribution in [3.05, 3.63) is 56.0 Å². The van der Waals surface area contributed by atoms with E-state index < -0.39 is 22.7 Å². The van der Waals surface area contributed by atoms with Gasteiger partial charge in [-0.3, -0.25) is 9.59 Å². The fourth-order valence-corrected chi connectivity index (χ4v) is 4.18. The molecule has 2 N–H and O–H groups in total. The van der Waals surface area contributed by atoms with Gasteiger partial charge in [0.25, 0.3) is 5.91 Å². The monoisotopic (exact) mass is 532 g/mol. The summed E-state index contributed by atoms with van der Waals surface area (Å²) >= 11 is 12.8. The van der Waals surface area contributed by atoms with E-state index in [0.717, 1.165) is 17.5 Å². The smallest absolute Gasteiger partial charge is 0.369 e. The Morgan fingerprint density at radius 2 is 1.88 bits per heavy atom. The minimum Gasteiger partial charge on any atom is -0.369 e. The van der Waals surface area contributed by atoms with Gasteiger partial charge in [0.1, 0.15) is 33.6 Å². The standard InChI is InChI=1S/C20H17Cl2F3N6O2S/c1-3-26-17-15(22)16(29-8-30-17)12(32)4-9(2)19-28-7-13(34-19)18(33)31-14-5-10(20(23,24)25)11(21)6-27-14/h5-9H,3-4H2,1-2H3,(H,26,29,30)(H,27,31,33). The quantitative estimate of drug-likeness (QED) is 0.357. The minimum atomic E-state index is -4.70. The van der Waals surface area contributed by atoms with E-state index in [1.165, 1.54) is 12.5 Å². The molecule has 0 aliphatic heterocycles. The number of carbonyl (C=O) groups is 2. The highest BCUT2D eigenvalue weighted by atomic mass is 35.5. The molecule has 3 rings (SSSR count). The first-order valence-electron chi connectivity index (χ1n) is 9.78. The van der Waals surface area contributed by atoms with Gasteiger partial charge in [-0.05, 0) is 13.0 Å². The predicted octanol–water partition coefficient (Wildman–Crippen LogP) is 5.71. The van der Waals surface area contributed by atoms with Crippen LogP contribution in [-0.4, -0.2) is 38.2 Å². The van der Waals surface area contributed by atoms with Gasteiger partial charge in [0, 0.05) is 25.1 Å². The van der Waals surface area contributed by atoms with Crippen LogP contribution in [0.3, 0.4) is 0 Å². The summed E-state index contributed by atoms with van der Waals surface area (Å²) in [6.07, 6.45) is -1.35. The van der Waals surface area contributed by atoms with Crippen molar-refractivity contribution in [2.75, 3.05) is 17.2 Å². The predicted molar refractivity (Wildman–Crippen MR) is 123 cm³/mol. The van der Waals surface area contributed by atoms with Gasteiger partial charge in [-0.2, -0.15) is 13.2 Å². The molecule has 3 aromatic rings. The Hall–Kier alpha value is -2.83. The number of alkyl halides is 3. The zero-order valence-electron chi connectivity index (χ0n) is 17.7. The number of nitrogens with one attached hydrogen (secondary N) is 2. The van der Waals surface area contributed by atoms with Gasteiger partial charge in [0.05, 0.1) is 21.8 Å². The van der Waals surface area contributed by atoms with E-state index in [-0.39, 0.29) is 39.5 Å². The maximum Gasteiger partial charge on any atom is 0.418 e. The summed E-state index contributed by atoms with van der Waals surface area (Å²) in [7, 11) is 0. The highest BCUT2D eigenvalue weighted by Gasteiger charge is 2.34. The molecule has 1 unspecified atom stereocenters. The fraction of sp³-hybridized carbons (Fsp3) is 0.300. The summed E-state index contributed by atoms with van der Waals surface area (Å²) < 4.78 is 39.0. The zero-order valence-corrected chi connectivity index (χ0v) is 20.0. The van der Waals surface area contributed by atoms with Crippen LogP contribution in [0.25, 0.3) is 0 Å². The Balaban J connectivity index is 1.70. The molecule has 3 heterocycles. The normalized spacial score (nSPS) is 12.3. The van der Waals surface area contributed by atoms with Gasteiger partial charge < -0.3 is 10.6 Å². The Labute approximate surface area is 206 Å². The first kappa shape index (κ1) is 25.8. The van der Waals surface area contributed by atoms with Crippen molar-refractivity contribution < 1.29 is 22.8 Å². The molecule has 0 saturated heterocycles. The van der Waals surface area contributed by atoms with Crippen LogP contribution in [0.4, 0.5) is 24.8 Å². The summed E-state index contributed by atoms with van der Waals surface area (Å²) in [4.78, 5) is 41.2. The van der Waals surface area contributed by atoms with E-state index in [1.54, 1.807) is 6.92 Å². The fourth-order valence-electron chi connectivity index (χ4n) is 2.84. The van der Waals surface area contributed by atoms with Crippen LogP contribution >= 0.6 is 34.5 Å². The van der Waals surface area contributed by atoms with Crippen molar-refractivity contribution in [3.8, 4) is 0 Å². The van der Waals surface area contributed by atoms with Crippen LogP contribution in [-0.2, 0) is 6.18 Å². The van der Waals surface area contributed by atoms with E-state index in [9.17, 15) is 22.8 Å². The SMILES string of the molecule is CCNc1ncnc(C(=O)CC(C)c2ncc(C(=O)Nc3cc(C(F)(F)F)c(Cl)cn3)s2)c1Cl. The van der Waals surface area contributed by atoms with Gasteiger partial charge in [0.15, 0.2) is 5.78 Å². The molecular formula is C20H17Cl2F3N6O2S. The van der Waals surface area contributed by atoms with E-state index in [4.69, 9.17) is 23.2 Å². The van der Waals surface area contributed by atoms with Crippen molar-refractivity contribution in [2.24, 2.45) is 0 Å². The Kier molecular flexibility index (Phi) is 8.05. The van der Waals surface area contributed by atoms with E-state index in [2.05, 4.69) is 30.6 Å². The third-order valence-electron chi connectivity index (χ3n) is 4.46. The number of pyridine rings is 1. The first-order chi connectivity index (χ1) is 16.0. The molecular weight excluding hydrogens is 516 g/mol. The van der Waals surface area contributed by atoms with Crippen LogP contribution in [0, 0.1) is 0 Å². The molecule has 1 atom stereocenters. The van der Waals surface area contributed by atoms with Gasteiger partial charge >= 0.3 is 6.18 Å². The summed E-state index contributed by atoms with van der Waals surface area (Å²) in [5.41, 5.74) is -1.04. The maximum absolute atomic E-state index is 13.0. The molecule has 0 aromatic carbocycles. The van der Waals surface area contributed by atoms with Crippen molar-refractivity contribution in [1.29, 1.82) is 0 Å². The lowest BCUT2D eigenvalue weighted by Crippen LogP contribution is -2.13. The van der Waals surface area contributed by atoms with Gasteiger partial charge in [-0.15, -0.1) is 11.3 Å². The third kappa shape index (κ3) is 5.99. The van der Waals surface area contributed by atoms with Crippen molar-refractivity contribution in [3.63, 3.8) is 0 Å². The number of rotatable bonds is 8. The molecule has 0 aliphatic rings. The molecule has 0 aliphatic carbocycles. The lowest BCUT2D eigenvalue weighted by Gasteiger charge is -2.10. The Bertz CT molecular complexity index is 1220. The van der Waals surface area contributed by atoms with Crippen molar-refractivity contribution in [1.82, 2.24) is 19.9 Å². The number of halogens is 5. The number of nitrogens with zero attached hydrogens (tertiary/aromatic N) is 4. The number of amides is 1. The second kappa shape index (κ2) is 10.6. The Morgan fingerprint density at radius 1 is 1.15 bits per heavy atom. The number of ketones is 1. The number of carbonyl (C=O) groups excluding carboxylic acids is 2. The maximum atomic E-state index is 13.0. The third-order valence-corrected chi connectivity index (χ3v) is 6.35. The number of aromatic nitrogens is 4. The molecule has 1 amide bonds. The molecule has 8 nitrogen and oxygen atoms in total. The number of anilines is 2. The van der Waals surface area contributed by atoms with Crippen LogP contribution in [0.2, 0.25) is 10.0 Å². The summed E-state index contributed by atoms with van der Waals surface area (Å²) in [5.74, 6) is -1.36. The van der Waals surface area contributed by atoms with Crippen LogP contribution in [0.1, 0.15) is 56.9 Å². The van der Waals surface area contributed by atoms with Gasteiger partial charge in [0.2, 0.25) is 0 Å². The second-order valence-electron chi connectivity index (χ2n) is 7.01. The summed E-state index contributed by atoms with van der Waals surface area (Å²) in [6.45, 7) is 4.17. The average molecular weight is 533 g/mol. The highest BCUT2D eigenvalue weighted by molar-refractivity contribution is 7.13. The van der Waals surface area contributed by atoms with Crippen LogP contribution < -0.4 is 10.6 Å². The molecule has 0 bridgehead atoms. The van der Waals surface area contributed by atoms with Gasteiger partial charge in [-0.1, -0.05) is 30.1 Å². The summed E-state index contributed by atoms with van der Waals surface area (Å²) in [6, 6.07) is 0.649. The number of hydrogen-bond donors (Lipinski definition) is 2. The molecule has 0 radical (unpaired) electrons. The Morgan fingerprint density at radius 3 is 2.56 bits per heavy atom. The van der Waals surface area contributed by atoms with Gasteiger partial charge in [-0.25, -0.2) is 19.9 Å². The van der Waals surface area contributed by atoms with Crippen molar-refractivity contribution >= 4 is 57.9 Å². The lowest BCUT2D eigenvalue weighted by atomic mass is 10.0. The minimum absolute atomic E-state index is 0.0184. The van der Waals surface area contributed by atoms with E-state index in [1.807, 2.05) is 6.92 Å².